The van der Waals surface area contributed by atoms with Crippen LogP contribution in [0.3, 0.4) is 0 Å². The van der Waals surface area contributed by atoms with Crippen molar-refractivity contribution in [2.75, 3.05) is 13.7 Å². The van der Waals surface area contributed by atoms with Crippen LogP contribution in [0.15, 0.2) is 58.1 Å². The number of rotatable bonds is 5. The smallest absolute Gasteiger partial charge is 0.331 e. The number of fused-ring (bicyclic) bond motifs is 3. The SMILES string of the molecule is COc1ccc2[nH]c3c(c2c1)CCN[C@H]3c1c(O)n(CCc2ccccc2)c(=O)[nH]c1=O. The molecule has 8 heteroatoms. The van der Waals surface area contributed by atoms with Crippen LogP contribution in [-0.4, -0.2) is 33.3 Å². The van der Waals surface area contributed by atoms with E-state index in [-0.39, 0.29) is 18.0 Å². The van der Waals surface area contributed by atoms with Crippen molar-refractivity contribution in [3.8, 4) is 11.6 Å². The first-order chi connectivity index (χ1) is 15.6. The monoisotopic (exact) mass is 432 g/mol. The lowest BCUT2D eigenvalue weighted by Gasteiger charge is -2.25. The highest BCUT2D eigenvalue weighted by Gasteiger charge is 2.31. The van der Waals surface area contributed by atoms with Gasteiger partial charge < -0.3 is 20.1 Å². The minimum absolute atomic E-state index is 0.136. The van der Waals surface area contributed by atoms with E-state index in [0.29, 0.717) is 13.0 Å². The number of ether oxygens (including phenoxy) is 1. The van der Waals surface area contributed by atoms with Gasteiger partial charge in [0.25, 0.3) is 5.56 Å². The van der Waals surface area contributed by atoms with Gasteiger partial charge in [-0.15, -0.1) is 0 Å². The summed E-state index contributed by atoms with van der Waals surface area (Å²) < 4.78 is 6.59. The molecule has 0 saturated heterocycles. The molecule has 2 aromatic carbocycles. The van der Waals surface area contributed by atoms with Crippen molar-refractivity contribution in [1.82, 2.24) is 19.9 Å². The Balaban J connectivity index is 1.58. The van der Waals surface area contributed by atoms with E-state index in [4.69, 9.17) is 4.74 Å². The second-order valence-electron chi connectivity index (χ2n) is 7.95. The molecule has 1 atom stereocenters. The van der Waals surface area contributed by atoms with Gasteiger partial charge in [0.15, 0.2) is 0 Å². The number of nitrogens with zero attached hydrogens (tertiary/aromatic N) is 1. The number of nitrogens with one attached hydrogen (secondary N) is 3. The van der Waals surface area contributed by atoms with Crippen LogP contribution in [0.25, 0.3) is 10.9 Å². The van der Waals surface area contributed by atoms with E-state index < -0.39 is 17.3 Å². The maximum absolute atomic E-state index is 12.8. The molecule has 0 saturated carbocycles. The highest BCUT2D eigenvalue weighted by atomic mass is 16.5. The van der Waals surface area contributed by atoms with Crippen LogP contribution in [-0.2, 0) is 19.4 Å². The number of hydrogen-bond donors (Lipinski definition) is 4. The van der Waals surface area contributed by atoms with Gasteiger partial charge >= 0.3 is 5.69 Å². The fraction of sp³-hybridized carbons (Fsp3) is 0.250. The molecule has 32 heavy (non-hydrogen) atoms. The predicted octanol–water partition coefficient (Wildman–Crippen LogP) is 2.21. The van der Waals surface area contributed by atoms with Crippen molar-refractivity contribution in [3.05, 3.63) is 91.8 Å². The van der Waals surface area contributed by atoms with Gasteiger partial charge in [0.1, 0.15) is 11.3 Å². The lowest BCUT2D eigenvalue weighted by atomic mass is 9.95. The average molecular weight is 432 g/mol. The van der Waals surface area contributed by atoms with Crippen molar-refractivity contribution in [2.24, 2.45) is 0 Å². The first kappa shape index (κ1) is 20.1. The summed E-state index contributed by atoms with van der Waals surface area (Å²) in [5.74, 6) is 0.445. The number of aromatic nitrogens is 3. The van der Waals surface area contributed by atoms with Crippen LogP contribution in [0.4, 0.5) is 0 Å². The van der Waals surface area contributed by atoms with Gasteiger partial charge in [0.2, 0.25) is 5.88 Å². The third kappa shape index (κ3) is 3.38. The van der Waals surface area contributed by atoms with Crippen LogP contribution >= 0.6 is 0 Å². The van der Waals surface area contributed by atoms with Crippen LogP contribution in [0.1, 0.15) is 28.4 Å². The van der Waals surface area contributed by atoms with E-state index in [1.165, 1.54) is 4.57 Å². The Morgan fingerprint density at radius 3 is 2.72 bits per heavy atom. The maximum Gasteiger partial charge on any atom is 0.331 e. The molecule has 0 aliphatic carbocycles. The number of aryl methyl sites for hydroxylation is 1. The van der Waals surface area contributed by atoms with Gasteiger partial charge in [0.05, 0.1) is 13.2 Å². The lowest BCUT2D eigenvalue weighted by molar-refractivity contribution is 0.382. The van der Waals surface area contributed by atoms with Crippen LogP contribution in [0.5, 0.6) is 11.6 Å². The first-order valence-corrected chi connectivity index (χ1v) is 10.6. The third-order valence-electron chi connectivity index (χ3n) is 6.12. The van der Waals surface area contributed by atoms with E-state index in [2.05, 4.69) is 15.3 Å². The number of aromatic amines is 2. The van der Waals surface area contributed by atoms with E-state index in [1.54, 1.807) is 7.11 Å². The molecule has 5 rings (SSSR count). The molecular formula is C24H24N4O4. The summed E-state index contributed by atoms with van der Waals surface area (Å²) in [7, 11) is 1.63. The minimum atomic E-state index is -0.621. The molecular weight excluding hydrogens is 408 g/mol. The maximum atomic E-state index is 12.8. The van der Waals surface area contributed by atoms with Crippen molar-refractivity contribution in [3.63, 3.8) is 0 Å². The molecule has 3 heterocycles. The van der Waals surface area contributed by atoms with Crippen LogP contribution < -0.4 is 21.3 Å². The van der Waals surface area contributed by atoms with Gasteiger partial charge in [-0.2, -0.15) is 0 Å². The number of H-pyrrole nitrogens is 2. The molecule has 2 aromatic heterocycles. The fourth-order valence-corrected chi connectivity index (χ4v) is 4.51. The lowest BCUT2D eigenvalue weighted by Crippen LogP contribution is -2.39. The Hall–Kier alpha value is -3.78. The summed E-state index contributed by atoms with van der Waals surface area (Å²) in [6, 6.07) is 14.9. The van der Waals surface area contributed by atoms with E-state index >= 15 is 0 Å². The van der Waals surface area contributed by atoms with E-state index in [1.807, 2.05) is 48.5 Å². The molecule has 1 aliphatic heterocycles. The topological polar surface area (TPSA) is 112 Å². The zero-order chi connectivity index (χ0) is 22.2. The second-order valence-corrected chi connectivity index (χ2v) is 7.95. The number of aromatic hydroxyl groups is 1. The summed E-state index contributed by atoms with van der Waals surface area (Å²) in [5.41, 5.74) is 2.77. The summed E-state index contributed by atoms with van der Waals surface area (Å²) >= 11 is 0. The molecule has 0 amide bonds. The van der Waals surface area contributed by atoms with Gasteiger partial charge in [-0.3, -0.25) is 14.3 Å². The molecule has 0 spiro atoms. The first-order valence-electron chi connectivity index (χ1n) is 10.6. The highest BCUT2D eigenvalue weighted by molar-refractivity contribution is 5.86. The largest absolute Gasteiger partial charge is 0.497 e. The van der Waals surface area contributed by atoms with Gasteiger partial charge in [-0.05, 0) is 42.2 Å². The predicted molar refractivity (Wildman–Crippen MR) is 122 cm³/mol. The molecule has 0 bridgehead atoms. The van der Waals surface area contributed by atoms with E-state index in [0.717, 1.165) is 39.9 Å². The molecule has 0 fully saturated rings. The van der Waals surface area contributed by atoms with Crippen molar-refractivity contribution in [2.45, 2.75) is 25.4 Å². The molecule has 4 aromatic rings. The fourth-order valence-electron chi connectivity index (χ4n) is 4.51. The molecule has 8 nitrogen and oxygen atoms in total. The van der Waals surface area contributed by atoms with Crippen molar-refractivity contribution < 1.29 is 9.84 Å². The molecule has 4 N–H and O–H groups in total. The Bertz CT molecular complexity index is 1400. The number of benzene rings is 2. The van der Waals surface area contributed by atoms with E-state index in [9.17, 15) is 14.7 Å². The third-order valence-corrected chi connectivity index (χ3v) is 6.12. The van der Waals surface area contributed by atoms with Crippen molar-refractivity contribution in [1.29, 1.82) is 0 Å². The summed E-state index contributed by atoms with van der Waals surface area (Å²) in [6.07, 6.45) is 1.32. The number of hydrogen-bond acceptors (Lipinski definition) is 5. The Morgan fingerprint density at radius 2 is 1.94 bits per heavy atom. The van der Waals surface area contributed by atoms with Crippen LogP contribution in [0, 0.1) is 0 Å². The molecule has 1 aliphatic rings. The summed E-state index contributed by atoms with van der Waals surface area (Å²) in [6.45, 7) is 0.881. The van der Waals surface area contributed by atoms with Gasteiger partial charge in [-0.25, -0.2) is 4.79 Å². The van der Waals surface area contributed by atoms with Gasteiger partial charge in [0, 0.05) is 29.7 Å². The minimum Gasteiger partial charge on any atom is -0.497 e. The summed E-state index contributed by atoms with van der Waals surface area (Å²) in [4.78, 5) is 31.1. The second kappa shape index (κ2) is 8.05. The normalized spacial score (nSPS) is 15.6. The Morgan fingerprint density at radius 1 is 1.12 bits per heavy atom. The quantitative estimate of drug-likeness (QED) is 0.386. The van der Waals surface area contributed by atoms with Gasteiger partial charge in [-0.1, -0.05) is 30.3 Å². The highest BCUT2D eigenvalue weighted by Crippen LogP contribution is 2.36. The standard InChI is InChI=1S/C24H24N4O4/c1-32-15-7-8-18-17(13-15)16-9-11-25-21(20(16)26-18)19-22(29)27-24(31)28(23(19)30)12-10-14-5-3-2-4-6-14/h2-8,13,21,25-26,30H,9-12H2,1H3,(H,27,29,31)/t21-/m0/s1. The zero-order valence-electron chi connectivity index (χ0n) is 17.6. The Kier molecular flexibility index (Phi) is 5.07. The van der Waals surface area contributed by atoms with Crippen molar-refractivity contribution >= 4 is 10.9 Å². The molecule has 0 radical (unpaired) electrons. The average Bonchev–Trinajstić information content (AvgIpc) is 3.18. The summed E-state index contributed by atoms with van der Waals surface area (Å²) in [5, 5.41) is 15.4. The van der Waals surface area contributed by atoms with Crippen LogP contribution in [0.2, 0.25) is 0 Å². The Labute approximate surface area is 183 Å². The molecule has 164 valence electrons. The zero-order valence-corrected chi connectivity index (χ0v) is 17.6. The number of methoxy groups -OCH3 is 1. The molecule has 0 unspecified atom stereocenters.